The van der Waals surface area contributed by atoms with Crippen LogP contribution in [0.5, 0.6) is 17.2 Å². The van der Waals surface area contributed by atoms with Crippen LogP contribution in [0.4, 0.5) is 26.3 Å². The molecule has 184 valence electrons. The largest absolute Gasteiger partial charge is 0.476 e. The summed E-state index contributed by atoms with van der Waals surface area (Å²) in [5.41, 5.74) is 6.67. The third-order valence-electron chi connectivity index (χ3n) is 5.11. The number of nitriles is 1. The molecule has 36 heavy (non-hydrogen) atoms. The second-order valence-electron chi connectivity index (χ2n) is 7.34. The van der Waals surface area contributed by atoms with Gasteiger partial charge in [0.05, 0.1) is 5.92 Å². The fourth-order valence-corrected chi connectivity index (χ4v) is 3.53. The van der Waals surface area contributed by atoms with Gasteiger partial charge >= 0.3 is 5.97 Å². The highest BCUT2D eigenvalue weighted by Gasteiger charge is 2.32. The first-order valence-corrected chi connectivity index (χ1v) is 9.94. The first-order chi connectivity index (χ1) is 17.1. The molecule has 0 aromatic heterocycles. The first-order valence-electron chi connectivity index (χ1n) is 9.94. The molecule has 0 saturated heterocycles. The summed E-state index contributed by atoms with van der Waals surface area (Å²) in [6.07, 6.45) is 0. The Morgan fingerprint density at radius 1 is 0.972 bits per heavy atom. The maximum atomic E-state index is 13.8. The van der Waals surface area contributed by atoms with Crippen molar-refractivity contribution in [3.05, 3.63) is 100.0 Å². The minimum atomic E-state index is -2.38. The fourth-order valence-electron chi connectivity index (χ4n) is 3.53. The highest BCUT2D eigenvalue weighted by molar-refractivity contribution is 5.74. The van der Waals surface area contributed by atoms with E-state index in [-0.39, 0.29) is 23.0 Å². The lowest BCUT2D eigenvalue weighted by Crippen LogP contribution is -2.22. The number of fused-ring (bicyclic) bond motifs is 1. The predicted molar refractivity (Wildman–Crippen MR) is 110 cm³/mol. The molecule has 0 bridgehead atoms. The number of benzene rings is 3. The van der Waals surface area contributed by atoms with Gasteiger partial charge in [0.25, 0.3) is 0 Å². The molecule has 0 radical (unpaired) electrons. The van der Waals surface area contributed by atoms with Crippen LogP contribution in [0.3, 0.4) is 0 Å². The Kier molecular flexibility index (Phi) is 6.48. The number of nitrogens with two attached hydrogens (primary N) is 1. The highest BCUT2D eigenvalue weighted by atomic mass is 19.2. The van der Waals surface area contributed by atoms with Gasteiger partial charge < -0.3 is 19.9 Å². The second kappa shape index (κ2) is 9.53. The Hall–Kier alpha value is -4.66. The molecule has 3 aromatic rings. The summed E-state index contributed by atoms with van der Waals surface area (Å²) in [7, 11) is 0. The maximum absolute atomic E-state index is 13.8. The Labute approximate surface area is 198 Å². The Bertz CT molecular complexity index is 1440. The molecule has 2 N–H and O–H groups in total. The minimum absolute atomic E-state index is 0.0223. The van der Waals surface area contributed by atoms with Gasteiger partial charge in [-0.1, -0.05) is 18.2 Å². The van der Waals surface area contributed by atoms with Gasteiger partial charge in [-0.15, -0.1) is 0 Å². The van der Waals surface area contributed by atoms with E-state index in [1.165, 1.54) is 36.4 Å². The lowest BCUT2D eigenvalue weighted by molar-refractivity contribution is -0.136. The van der Waals surface area contributed by atoms with Crippen LogP contribution >= 0.6 is 0 Å². The van der Waals surface area contributed by atoms with Crippen molar-refractivity contribution in [2.45, 2.75) is 5.92 Å². The van der Waals surface area contributed by atoms with Gasteiger partial charge in [-0.25, -0.2) is 22.4 Å². The molecule has 0 fully saturated rings. The van der Waals surface area contributed by atoms with Gasteiger partial charge in [-0.2, -0.15) is 14.0 Å². The molecular formula is C24H12F6N2O4. The van der Waals surface area contributed by atoms with Crippen molar-refractivity contribution < 1.29 is 45.3 Å². The summed E-state index contributed by atoms with van der Waals surface area (Å²) in [6.45, 7) is -1.21. The van der Waals surface area contributed by atoms with Crippen LogP contribution in [0.2, 0.25) is 0 Å². The van der Waals surface area contributed by atoms with Crippen LogP contribution in [-0.4, -0.2) is 12.6 Å². The predicted octanol–water partition coefficient (Wildman–Crippen LogP) is 4.72. The lowest BCUT2D eigenvalue weighted by Gasteiger charge is -2.26. The Morgan fingerprint density at radius 3 is 2.28 bits per heavy atom. The van der Waals surface area contributed by atoms with E-state index in [2.05, 4.69) is 4.74 Å². The van der Waals surface area contributed by atoms with Crippen molar-refractivity contribution in [1.82, 2.24) is 0 Å². The van der Waals surface area contributed by atoms with Crippen LogP contribution in [0.25, 0.3) is 0 Å². The number of rotatable bonds is 5. The summed E-state index contributed by atoms with van der Waals surface area (Å²) >= 11 is 0. The molecule has 0 amide bonds. The molecule has 0 spiro atoms. The number of carbonyl (C=O) groups excluding carboxylic acids is 1. The molecule has 4 rings (SSSR count). The van der Waals surface area contributed by atoms with Gasteiger partial charge in [0.2, 0.25) is 35.0 Å². The zero-order valence-corrected chi connectivity index (χ0v) is 17.8. The molecule has 6 nitrogen and oxygen atoms in total. The summed E-state index contributed by atoms with van der Waals surface area (Å²) in [4.78, 5) is 12.1. The van der Waals surface area contributed by atoms with E-state index in [0.717, 1.165) is 0 Å². The summed E-state index contributed by atoms with van der Waals surface area (Å²) < 4.78 is 95.7. The number of ether oxygens (including phenoxy) is 3. The fraction of sp³-hybridized carbons (Fsp3) is 0.0833. The van der Waals surface area contributed by atoms with E-state index in [1.54, 1.807) is 6.07 Å². The van der Waals surface area contributed by atoms with E-state index in [1.807, 2.05) is 6.07 Å². The van der Waals surface area contributed by atoms with Gasteiger partial charge in [-0.05, 0) is 23.8 Å². The number of esters is 1. The molecule has 3 aromatic carbocycles. The molecular weight excluding hydrogens is 494 g/mol. The van der Waals surface area contributed by atoms with Crippen LogP contribution < -0.4 is 19.9 Å². The Morgan fingerprint density at radius 2 is 1.64 bits per heavy atom. The van der Waals surface area contributed by atoms with Crippen LogP contribution in [0.15, 0.2) is 53.9 Å². The van der Waals surface area contributed by atoms with E-state index in [9.17, 15) is 36.4 Å². The van der Waals surface area contributed by atoms with Gasteiger partial charge in [0.15, 0.2) is 12.4 Å². The number of halogens is 6. The highest BCUT2D eigenvalue weighted by Crippen LogP contribution is 2.43. The SMILES string of the molecule is N#CC1=C(N)Oc2cc(OC(=O)COc3c(F)c(F)c(F)c(F)c3F)ccc2C1c1cccc(F)c1. The molecule has 1 aliphatic rings. The van der Waals surface area contributed by atoms with E-state index >= 15 is 0 Å². The summed E-state index contributed by atoms with van der Waals surface area (Å²) in [5, 5.41) is 9.54. The van der Waals surface area contributed by atoms with Crippen LogP contribution in [-0.2, 0) is 4.79 Å². The smallest absolute Gasteiger partial charge is 0.349 e. The molecule has 1 atom stereocenters. The number of allylic oxidation sites excluding steroid dienone is 1. The summed E-state index contributed by atoms with van der Waals surface area (Å²) in [5.74, 6) is -15.9. The van der Waals surface area contributed by atoms with Crippen molar-refractivity contribution in [2.75, 3.05) is 6.61 Å². The van der Waals surface area contributed by atoms with Gasteiger partial charge in [-0.3, -0.25) is 0 Å². The van der Waals surface area contributed by atoms with E-state index in [0.29, 0.717) is 11.1 Å². The van der Waals surface area contributed by atoms with E-state index < -0.39 is 59.1 Å². The quantitative estimate of drug-likeness (QED) is 0.177. The second-order valence-corrected chi connectivity index (χ2v) is 7.34. The van der Waals surface area contributed by atoms with Gasteiger partial charge in [0.1, 0.15) is 29.0 Å². The monoisotopic (exact) mass is 506 g/mol. The molecule has 0 saturated carbocycles. The van der Waals surface area contributed by atoms with Crippen molar-refractivity contribution in [3.63, 3.8) is 0 Å². The van der Waals surface area contributed by atoms with Crippen molar-refractivity contribution in [3.8, 4) is 23.3 Å². The zero-order valence-electron chi connectivity index (χ0n) is 17.8. The topological polar surface area (TPSA) is 94.6 Å². The van der Waals surface area contributed by atoms with Crippen LogP contribution in [0, 0.1) is 46.2 Å². The summed E-state index contributed by atoms with van der Waals surface area (Å²) in [6, 6.07) is 11.3. The standard InChI is InChI=1S/C24H12F6N2O4/c25-11-3-1-2-10(6-11)17-13-5-4-12(7-15(13)36-24(32)14(17)8-31)35-16(33)9-34-23-21(29)19(27)18(26)20(28)22(23)30/h1-7,17H,9,32H2. The molecule has 1 unspecified atom stereocenters. The lowest BCUT2D eigenvalue weighted by atomic mass is 9.83. The first kappa shape index (κ1) is 24.5. The molecule has 12 heteroatoms. The average Bonchev–Trinajstić information content (AvgIpc) is 2.85. The van der Waals surface area contributed by atoms with Crippen molar-refractivity contribution in [1.29, 1.82) is 5.26 Å². The normalized spacial score (nSPS) is 14.5. The zero-order chi connectivity index (χ0) is 26.1. The van der Waals surface area contributed by atoms with E-state index in [4.69, 9.17) is 15.2 Å². The number of carbonyl (C=O) groups is 1. The van der Waals surface area contributed by atoms with Gasteiger partial charge in [0, 0.05) is 11.6 Å². The number of nitrogens with zero attached hydrogens (tertiary/aromatic N) is 1. The number of hydrogen-bond donors (Lipinski definition) is 1. The Balaban J connectivity index is 1.56. The minimum Gasteiger partial charge on any atom is -0.476 e. The maximum Gasteiger partial charge on any atom is 0.349 e. The number of hydrogen-bond acceptors (Lipinski definition) is 6. The third-order valence-corrected chi connectivity index (χ3v) is 5.11. The molecule has 1 heterocycles. The third kappa shape index (κ3) is 4.38. The average molecular weight is 506 g/mol. The van der Waals surface area contributed by atoms with Crippen molar-refractivity contribution in [2.24, 2.45) is 5.73 Å². The molecule has 1 aliphatic heterocycles. The molecule has 0 aliphatic carbocycles. The van der Waals surface area contributed by atoms with Crippen LogP contribution in [0.1, 0.15) is 17.0 Å². The van der Waals surface area contributed by atoms with Crippen molar-refractivity contribution >= 4 is 5.97 Å².